The second-order valence-electron chi connectivity index (χ2n) is 3.40. The molecular weight excluding hydrogens is 355 g/mol. The van der Waals surface area contributed by atoms with E-state index in [4.69, 9.17) is 25.5 Å². The summed E-state index contributed by atoms with van der Waals surface area (Å²) >= 11 is 0. The fraction of sp³-hybridized carbons (Fsp3) is 0. The largest absolute Gasteiger partial charge is 0.536 e. The van der Waals surface area contributed by atoms with Gasteiger partial charge in [-0.25, -0.2) is 13.7 Å². The van der Waals surface area contributed by atoms with Gasteiger partial charge < -0.3 is 30.0 Å². The van der Waals surface area contributed by atoms with Crippen LogP contribution in [0.25, 0.3) is 0 Å². The lowest BCUT2D eigenvalue weighted by Crippen LogP contribution is -1.98. The van der Waals surface area contributed by atoms with E-state index in [-0.39, 0.29) is 11.4 Å². The molecule has 120 valence electrons. The second-order valence-corrected chi connectivity index (χ2v) is 7.75. The number of benzene rings is 1. The Balaban J connectivity index is 2.86. The zero-order chi connectivity index (χ0) is 16.5. The average molecular weight is 365 g/mol. The Morgan fingerprint density at radius 1 is 0.952 bits per heavy atom. The third kappa shape index (κ3) is 6.58. The quantitative estimate of drug-likeness (QED) is 0.234. The van der Waals surface area contributed by atoms with E-state index < -0.39 is 29.2 Å². The monoisotopic (exact) mass is 365 g/mol. The maximum absolute atomic E-state index is 11.4. The summed E-state index contributed by atoms with van der Waals surface area (Å²) in [4.78, 5) is 34.8. The van der Waals surface area contributed by atoms with E-state index in [0.717, 1.165) is 18.2 Å². The number of phosphoric acid groups is 3. The smallest absolute Gasteiger partial charge is 0.506 e. The van der Waals surface area contributed by atoms with Crippen molar-refractivity contribution in [1.82, 2.24) is 0 Å². The van der Waals surface area contributed by atoms with E-state index in [1.807, 2.05) is 0 Å². The van der Waals surface area contributed by atoms with Crippen molar-refractivity contribution in [3.05, 3.63) is 18.2 Å². The second kappa shape index (κ2) is 6.05. The van der Waals surface area contributed by atoms with Crippen LogP contribution in [0.15, 0.2) is 18.2 Å². The lowest BCUT2D eigenvalue weighted by molar-refractivity contribution is 0.207. The predicted molar refractivity (Wildman–Crippen MR) is 67.0 cm³/mol. The molecule has 0 spiro atoms. The molecule has 0 radical (unpaired) electrons. The van der Waals surface area contributed by atoms with Crippen LogP contribution in [0, 0.1) is 0 Å². The molecule has 0 aliphatic carbocycles. The van der Waals surface area contributed by atoms with Crippen LogP contribution >= 0.6 is 23.5 Å². The number of phenolic OH excluding ortho intramolecular Hbond substituents is 1. The van der Waals surface area contributed by atoms with Crippen molar-refractivity contribution in [2.45, 2.75) is 0 Å². The number of aromatic hydroxyl groups is 1. The first-order valence-electron chi connectivity index (χ1n) is 4.72. The van der Waals surface area contributed by atoms with Gasteiger partial charge in [0.2, 0.25) is 0 Å². The first-order chi connectivity index (χ1) is 9.30. The third-order valence-electron chi connectivity index (χ3n) is 1.64. The van der Waals surface area contributed by atoms with Crippen LogP contribution in [-0.4, -0.2) is 24.7 Å². The van der Waals surface area contributed by atoms with E-state index in [0.29, 0.717) is 0 Å². The maximum atomic E-state index is 11.4. The van der Waals surface area contributed by atoms with Crippen LogP contribution in [0.4, 0.5) is 5.69 Å². The molecule has 0 aliphatic heterocycles. The van der Waals surface area contributed by atoms with Crippen LogP contribution in [-0.2, 0) is 22.3 Å². The minimum atomic E-state index is -5.58. The topological polar surface area (TPSA) is 206 Å². The van der Waals surface area contributed by atoms with Gasteiger partial charge in [-0.05, 0) is 12.1 Å². The Bertz CT molecular complexity index is 668. The molecule has 7 N–H and O–H groups in total. The summed E-state index contributed by atoms with van der Waals surface area (Å²) in [6.07, 6.45) is 0. The van der Waals surface area contributed by atoms with Crippen molar-refractivity contribution in [2.75, 3.05) is 5.73 Å². The van der Waals surface area contributed by atoms with Crippen LogP contribution in [0.1, 0.15) is 0 Å². The lowest BCUT2D eigenvalue weighted by Gasteiger charge is -2.16. The Kier molecular flexibility index (Phi) is 5.22. The van der Waals surface area contributed by atoms with Crippen LogP contribution in [0.2, 0.25) is 0 Å². The zero-order valence-electron chi connectivity index (χ0n) is 9.84. The molecule has 0 fully saturated rings. The zero-order valence-corrected chi connectivity index (χ0v) is 12.5. The van der Waals surface area contributed by atoms with Gasteiger partial charge in [0.05, 0.1) is 5.69 Å². The van der Waals surface area contributed by atoms with Crippen molar-refractivity contribution in [3.8, 4) is 11.5 Å². The fourth-order valence-corrected chi connectivity index (χ4v) is 4.04. The van der Waals surface area contributed by atoms with Gasteiger partial charge in [0.15, 0.2) is 0 Å². The standard InChI is InChI=1S/C6H10NO11P3/c7-5-3-4(1-2-6(5)8)16-20(12,13)18-21(14,15)17-19(9,10)11/h1-3,8H,7H2,(H,12,13)(H,14,15)(H2,9,10,11). The molecule has 0 amide bonds. The minimum Gasteiger partial charge on any atom is -0.506 e. The van der Waals surface area contributed by atoms with Gasteiger partial charge in [-0.15, -0.1) is 0 Å². The van der Waals surface area contributed by atoms with E-state index >= 15 is 0 Å². The van der Waals surface area contributed by atoms with Gasteiger partial charge >= 0.3 is 23.5 Å². The summed E-state index contributed by atoms with van der Waals surface area (Å²) in [6, 6.07) is 2.87. The molecule has 0 saturated carbocycles. The highest BCUT2D eigenvalue weighted by Gasteiger charge is 2.41. The van der Waals surface area contributed by atoms with Gasteiger partial charge in [-0.3, -0.25) is 4.89 Å². The first kappa shape index (κ1) is 18.1. The number of phenols is 1. The first-order valence-corrected chi connectivity index (χ1v) is 9.24. The molecule has 1 aromatic rings. The molecule has 21 heavy (non-hydrogen) atoms. The van der Waals surface area contributed by atoms with E-state index in [1.54, 1.807) is 0 Å². The summed E-state index contributed by atoms with van der Waals surface area (Å²) < 4.78 is 44.2. The Morgan fingerprint density at radius 2 is 1.52 bits per heavy atom. The molecule has 1 aromatic carbocycles. The van der Waals surface area contributed by atoms with Gasteiger partial charge in [0.25, 0.3) is 0 Å². The fourth-order valence-electron chi connectivity index (χ4n) is 1.02. The van der Waals surface area contributed by atoms with Crippen LogP contribution < -0.4 is 10.3 Å². The molecule has 12 nitrogen and oxygen atoms in total. The highest BCUT2D eigenvalue weighted by molar-refractivity contribution is 7.66. The number of nitrogens with two attached hydrogens (primary N) is 1. The van der Waals surface area contributed by atoms with Gasteiger partial charge in [-0.2, -0.15) is 8.62 Å². The van der Waals surface area contributed by atoms with Crippen molar-refractivity contribution >= 4 is 29.2 Å². The number of hydrogen-bond donors (Lipinski definition) is 6. The van der Waals surface area contributed by atoms with Gasteiger partial charge in [0.1, 0.15) is 11.5 Å². The van der Waals surface area contributed by atoms with Crippen LogP contribution in [0.3, 0.4) is 0 Å². The number of nitrogen functional groups attached to an aromatic ring is 1. The van der Waals surface area contributed by atoms with E-state index in [1.165, 1.54) is 0 Å². The molecule has 0 aliphatic rings. The van der Waals surface area contributed by atoms with Crippen LogP contribution in [0.5, 0.6) is 11.5 Å². The van der Waals surface area contributed by atoms with Crippen molar-refractivity contribution in [1.29, 1.82) is 0 Å². The molecule has 2 atom stereocenters. The molecule has 2 unspecified atom stereocenters. The lowest BCUT2D eigenvalue weighted by atomic mass is 10.3. The Hall–Kier alpha value is -0.930. The summed E-state index contributed by atoms with van der Waals surface area (Å²) in [5, 5.41) is 9.12. The average Bonchev–Trinajstić information content (AvgIpc) is 2.17. The third-order valence-corrected chi connectivity index (χ3v) is 5.40. The summed E-state index contributed by atoms with van der Waals surface area (Å²) in [5.41, 5.74) is 5.05. The summed E-state index contributed by atoms with van der Waals surface area (Å²) in [7, 11) is -16.3. The van der Waals surface area contributed by atoms with E-state index in [9.17, 15) is 18.6 Å². The van der Waals surface area contributed by atoms with Gasteiger partial charge in [0, 0.05) is 6.07 Å². The minimum absolute atomic E-state index is 0.230. The Labute approximate surface area is 117 Å². The van der Waals surface area contributed by atoms with Crippen molar-refractivity contribution < 1.29 is 51.5 Å². The summed E-state index contributed by atoms with van der Waals surface area (Å²) in [6.45, 7) is 0. The number of rotatable bonds is 6. The van der Waals surface area contributed by atoms with Crippen molar-refractivity contribution in [3.63, 3.8) is 0 Å². The molecule has 0 bridgehead atoms. The van der Waals surface area contributed by atoms with Crippen molar-refractivity contribution in [2.24, 2.45) is 0 Å². The highest BCUT2D eigenvalue weighted by atomic mass is 31.3. The molecule has 1 rings (SSSR count). The summed E-state index contributed by atoms with van der Waals surface area (Å²) in [5.74, 6) is -0.777. The SMILES string of the molecule is Nc1cc(OP(=O)(O)OP(=O)(O)OP(=O)(O)O)ccc1O. The molecule has 15 heteroatoms. The number of hydrogen-bond acceptors (Lipinski definition) is 8. The molecule has 0 saturated heterocycles. The predicted octanol–water partition coefficient (Wildman–Crippen LogP) is 0.680. The number of anilines is 1. The molecule has 0 aromatic heterocycles. The maximum Gasteiger partial charge on any atom is 0.536 e. The molecule has 0 heterocycles. The Morgan fingerprint density at radius 3 is 2.00 bits per heavy atom. The number of phosphoric ester groups is 1. The molecular formula is C6H10NO11P3. The highest BCUT2D eigenvalue weighted by Crippen LogP contribution is 2.66. The van der Waals surface area contributed by atoms with Gasteiger partial charge in [-0.1, -0.05) is 0 Å². The van der Waals surface area contributed by atoms with E-state index in [2.05, 4.69) is 13.1 Å². The normalized spacial score (nSPS) is 17.7.